The van der Waals surface area contributed by atoms with Crippen LogP contribution in [0.15, 0.2) is 66.9 Å². The molecule has 47 heavy (non-hydrogen) atoms. The fourth-order valence-corrected chi connectivity index (χ4v) is 6.12. The Balaban J connectivity index is 1.12. The van der Waals surface area contributed by atoms with Gasteiger partial charge in [0.05, 0.1) is 24.7 Å². The number of anilines is 4. The van der Waals surface area contributed by atoms with E-state index in [4.69, 9.17) is 16.2 Å². The van der Waals surface area contributed by atoms with E-state index in [1.807, 2.05) is 18.3 Å². The Morgan fingerprint density at radius 3 is 2.21 bits per heavy atom. The highest BCUT2D eigenvalue weighted by Crippen LogP contribution is 2.29. The Kier molecular flexibility index (Phi) is 9.70. The van der Waals surface area contributed by atoms with Gasteiger partial charge in [0.25, 0.3) is 0 Å². The number of nitrogens with one attached hydrogen (secondary N) is 2. The Labute approximate surface area is 275 Å². The third kappa shape index (κ3) is 7.24. The highest BCUT2D eigenvalue weighted by molar-refractivity contribution is 5.89. The number of nitrogen functional groups attached to an aromatic ring is 2. The summed E-state index contributed by atoms with van der Waals surface area (Å²) in [5, 5.41) is 7.01. The van der Waals surface area contributed by atoms with Crippen LogP contribution in [0.5, 0.6) is 5.75 Å². The predicted octanol–water partition coefficient (Wildman–Crippen LogP) is 6.40. The minimum atomic E-state index is 0.271. The maximum Gasteiger partial charge on any atom is 0.222 e. The number of aryl methyl sites for hydroxylation is 2. The quantitative estimate of drug-likeness (QED) is 0.0944. The van der Waals surface area contributed by atoms with Crippen molar-refractivity contribution in [1.29, 1.82) is 0 Å². The van der Waals surface area contributed by atoms with E-state index >= 15 is 0 Å². The largest absolute Gasteiger partial charge is 0.496 e. The lowest BCUT2D eigenvalue weighted by molar-refractivity contribution is 0.408. The molecule has 0 aliphatic carbocycles. The molecule has 0 unspecified atom stereocenters. The van der Waals surface area contributed by atoms with Crippen LogP contribution in [0.25, 0.3) is 22.1 Å². The first-order valence-corrected chi connectivity index (χ1v) is 16.4. The number of benzene rings is 2. The molecule has 0 saturated heterocycles. The lowest BCUT2D eigenvalue weighted by Gasteiger charge is -2.15. The van der Waals surface area contributed by atoms with E-state index in [-0.39, 0.29) is 11.9 Å². The molecule has 4 heterocycles. The number of rotatable bonds is 15. The molecule has 244 valence electrons. The van der Waals surface area contributed by atoms with Crippen LogP contribution in [-0.2, 0) is 19.5 Å². The number of ether oxygens (including phenoxy) is 1. The van der Waals surface area contributed by atoms with Crippen LogP contribution >= 0.6 is 0 Å². The summed E-state index contributed by atoms with van der Waals surface area (Å²) in [6, 6.07) is 20.9. The average Bonchev–Trinajstić information content (AvgIpc) is 3.60. The number of fused-ring (bicyclic) bond motifs is 2. The summed E-state index contributed by atoms with van der Waals surface area (Å²) in [7, 11) is 1.72. The molecule has 0 amide bonds. The summed E-state index contributed by atoms with van der Waals surface area (Å²) in [6.45, 7) is 7.24. The molecule has 0 spiro atoms. The van der Waals surface area contributed by atoms with Gasteiger partial charge in [-0.05, 0) is 61.9 Å². The zero-order chi connectivity index (χ0) is 32.8. The molecule has 0 saturated carbocycles. The standard InChI is InChI=1S/C36H44N10O/c1-4-5-17-39-33-31-28(41-35(37)43-33)16-19-45(31)23-27-21-25(14-15-30(27)47-3)11-9-10-18-40-34-32-29(42-36(38)44-34)20-24(2)46(32)22-26-12-7-6-8-13-26/h6-8,12-16,19-21H,4-5,9-11,17-18,22-23H2,1-3H3,(H3,37,39,41,43)(H3,38,40,42,44). The Morgan fingerprint density at radius 2 is 1.47 bits per heavy atom. The minimum absolute atomic E-state index is 0.271. The summed E-state index contributed by atoms with van der Waals surface area (Å²) < 4.78 is 10.2. The van der Waals surface area contributed by atoms with Gasteiger partial charge in [0.1, 0.15) is 16.8 Å². The van der Waals surface area contributed by atoms with Crippen molar-refractivity contribution in [3.05, 3.63) is 89.2 Å². The van der Waals surface area contributed by atoms with E-state index in [9.17, 15) is 0 Å². The van der Waals surface area contributed by atoms with Gasteiger partial charge >= 0.3 is 0 Å². The van der Waals surface area contributed by atoms with Crippen LogP contribution in [0.2, 0.25) is 0 Å². The summed E-state index contributed by atoms with van der Waals surface area (Å²) >= 11 is 0. The monoisotopic (exact) mass is 632 g/mol. The van der Waals surface area contributed by atoms with Gasteiger partial charge in [0.15, 0.2) is 11.6 Å². The molecule has 6 rings (SSSR count). The highest BCUT2D eigenvalue weighted by Gasteiger charge is 2.16. The van der Waals surface area contributed by atoms with Crippen LogP contribution < -0.4 is 26.8 Å². The maximum atomic E-state index is 6.10. The number of methoxy groups -OCH3 is 1. The van der Waals surface area contributed by atoms with Crippen LogP contribution in [0.4, 0.5) is 23.5 Å². The van der Waals surface area contributed by atoms with E-state index in [0.717, 1.165) is 102 Å². The Morgan fingerprint density at radius 1 is 0.745 bits per heavy atom. The van der Waals surface area contributed by atoms with E-state index < -0.39 is 0 Å². The fraction of sp³-hybridized carbons (Fsp3) is 0.333. The molecule has 4 aromatic heterocycles. The minimum Gasteiger partial charge on any atom is -0.496 e. The number of aromatic nitrogens is 6. The van der Waals surface area contributed by atoms with Crippen molar-refractivity contribution in [3.8, 4) is 5.75 Å². The molecule has 11 nitrogen and oxygen atoms in total. The summed E-state index contributed by atoms with van der Waals surface area (Å²) in [4.78, 5) is 18.1. The molecule has 0 aliphatic rings. The molecule has 2 aromatic carbocycles. The molecular formula is C36H44N10O. The van der Waals surface area contributed by atoms with Crippen molar-refractivity contribution in [3.63, 3.8) is 0 Å². The van der Waals surface area contributed by atoms with Crippen molar-refractivity contribution < 1.29 is 4.74 Å². The van der Waals surface area contributed by atoms with Crippen LogP contribution in [0, 0.1) is 6.92 Å². The number of hydrogen-bond acceptors (Lipinski definition) is 9. The van der Waals surface area contributed by atoms with Crippen molar-refractivity contribution in [2.24, 2.45) is 0 Å². The number of unbranched alkanes of at least 4 members (excludes halogenated alkanes) is 2. The number of nitrogens with two attached hydrogens (primary N) is 2. The molecule has 0 aliphatic heterocycles. The van der Waals surface area contributed by atoms with E-state index in [1.165, 1.54) is 11.1 Å². The lowest BCUT2D eigenvalue weighted by atomic mass is 10.0. The zero-order valence-electron chi connectivity index (χ0n) is 27.5. The lowest BCUT2D eigenvalue weighted by Crippen LogP contribution is -2.10. The second-order valence-electron chi connectivity index (χ2n) is 11.9. The molecule has 6 aromatic rings. The third-order valence-corrected chi connectivity index (χ3v) is 8.47. The van der Waals surface area contributed by atoms with Gasteiger partial charge in [-0.15, -0.1) is 0 Å². The topological polar surface area (TPSA) is 147 Å². The van der Waals surface area contributed by atoms with Gasteiger partial charge in [-0.25, -0.2) is 9.97 Å². The third-order valence-electron chi connectivity index (χ3n) is 8.47. The first kappa shape index (κ1) is 31.7. The predicted molar refractivity (Wildman–Crippen MR) is 191 cm³/mol. The summed E-state index contributed by atoms with van der Waals surface area (Å²) in [5.74, 6) is 2.94. The first-order valence-electron chi connectivity index (χ1n) is 16.4. The van der Waals surface area contributed by atoms with Gasteiger partial charge in [-0.2, -0.15) is 9.97 Å². The maximum absolute atomic E-state index is 6.10. The molecular weight excluding hydrogens is 588 g/mol. The van der Waals surface area contributed by atoms with Gasteiger partial charge < -0.3 is 36.0 Å². The Bertz CT molecular complexity index is 1960. The summed E-state index contributed by atoms with van der Waals surface area (Å²) in [6.07, 6.45) is 7.11. The van der Waals surface area contributed by atoms with Crippen molar-refractivity contribution in [2.75, 3.05) is 42.3 Å². The van der Waals surface area contributed by atoms with Crippen molar-refractivity contribution in [2.45, 2.75) is 59.0 Å². The van der Waals surface area contributed by atoms with Crippen LogP contribution in [0.1, 0.15) is 55.0 Å². The molecule has 0 radical (unpaired) electrons. The number of nitrogens with zero attached hydrogens (tertiary/aromatic N) is 6. The van der Waals surface area contributed by atoms with E-state index in [1.54, 1.807) is 7.11 Å². The van der Waals surface area contributed by atoms with E-state index in [2.05, 4.69) is 102 Å². The molecule has 0 bridgehead atoms. The second-order valence-corrected chi connectivity index (χ2v) is 11.9. The van der Waals surface area contributed by atoms with E-state index in [0.29, 0.717) is 6.54 Å². The van der Waals surface area contributed by atoms with Crippen LogP contribution in [0.3, 0.4) is 0 Å². The molecule has 0 atom stereocenters. The normalized spacial score (nSPS) is 11.4. The molecule has 11 heteroatoms. The summed E-state index contributed by atoms with van der Waals surface area (Å²) in [5.41, 5.74) is 20.4. The SMILES string of the molecule is CCCCNc1nc(N)nc2ccn(Cc3cc(CCCCNc4nc(N)nc5cc(C)n(Cc6ccccc6)c45)ccc3OC)c12. The smallest absolute Gasteiger partial charge is 0.222 e. The second kappa shape index (κ2) is 14.4. The van der Waals surface area contributed by atoms with Crippen molar-refractivity contribution >= 4 is 45.6 Å². The van der Waals surface area contributed by atoms with Crippen LogP contribution in [-0.4, -0.2) is 49.3 Å². The highest BCUT2D eigenvalue weighted by atomic mass is 16.5. The Hall–Kier alpha value is -5.32. The number of hydrogen-bond donors (Lipinski definition) is 4. The zero-order valence-corrected chi connectivity index (χ0v) is 27.5. The van der Waals surface area contributed by atoms with Gasteiger partial charge in [0.2, 0.25) is 11.9 Å². The fourth-order valence-electron chi connectivity index (χ4n) is 6.12. The van der Waals surface area contributed by atoms with Gasteiger partial charge in [-0.3, -0.25) is 0 Å². The van der Waals surface area contributed by atoms with Crippen molar-refractivity contribution in [1.82, 2.24) is 29.1 Å². The van der Waals surface area contributed by atoms with Gasteiger partial charge in [-0.1, -0.05) is 55.8 Å². The average molecular weight is 633 g/mol. The van der Waals surface area contributed by atoms with Gasteiger partial charge in [0, 0.05) is 37.1 Å². The first-order chi connectivity index (χ1) is 22.9. The molecule has 6 N–H and O–H groups in total. The molecule has 0 fully saturated rings.